The van der Waals surface area contributed by atoms with Gasteiger partial charge in [0.1, 0.15) is 12.1 Å². The Labute approximate surface area is 119 Å². The van der Waals surface area contributed by atoms with E-state index < -0.39 is 0 Å². The maximum absolute atomic E-state index is 9.30. The second kappa shape index (κ2) is 5.36. The van der Waals surface area contributed by atoms with Crippen LogP contribution in [-0.2, 0) is 0 Å². The molecule has 2 rings (SSSR count). The lowest BCUT2D eigenvalue weighted by molar-refractivity contribution is 1.39. The van der Waals surface area contributed by atoms with Crippen molar-refractivity contribution in [3.05, 3.63) is 57.6 Å². The Morgan fingerprint density at radius 1 is 0.842 bits per heavy atom. The minimum absolute atomic E-state index is 0.285. The third kappa shape index (κ3) is 2.20. The summed E-state index contributed by atoms with van der Waals surface area (Å²) in [5.74, 6) is 0. The van der Waals surface area contributed by atoms with Crippen molar-refractivity contribution in [3.8, 4) is 29.3 Å². The fourth-order valence-electron chi connectivity index (χ4n) is 1.84. The van der Waals surface area contributed by atoms with Crippen molar-refractivity contribution in [1.82, 2.24) is 0 Å². The molecule has 0 aromatic heterocycles. The van der Waals surface area contributed by atoms with Crippen molar-refractivity contribution in [2.75, 3.05) is 0 Å². The molecule has 0 N–H and O–H groups in total. The minimum atomic E-state index is 0.285. The standard InChI is InChI=1S/C15H6BrN3/c16-15-12(8-18)6-11(7-17)14(13(15)9-19)10-4-2-1-3-5-10/h1-6H. The molecule has 0 heterocycles. The Hall–Kier alpha value is -2.61. The van der Waals surface area contributed by atoms with Crippen molar-refractivity contribution >= 4 is 15.9 Å². The maximum Gasteiger partial charge on any atom is 0.101 e. The molecule has 0 saturated heterocycles. The molecule has 2 aromatic carbocycles. The Bertz CT molecular complexity index is 759. The average molecular weight is 308 g/mol. The van der Waals surface area contributed by atoms with Gasteiger partial charge < -0.3 is 0 Å². The van der Waals surface area contributed by atoms with Gasteiger partial charge in [-0.15, -0.1) is 0 Å². The minimum Gasteiger partial charge on any atom is -0.192 e. The molecule has 0 spiro atoms. The molecule has 0 amide bonds. The van der Waals surface area contributed by atoms with Gasteiger partial charge in [-0.25, -0.2) is 0 Å². The van der Waals surface area contributed by atoms with Gasteiger partial charge in [-0.05, 0) is 27.6 Å². The molecule has 19 heavy (non-hydrogen) atoms. The van der Waals surface area contributed by atoms with E-state index in [2.05, 4.69) is 22.0 Å². The lowest BCUT2D eigenvalue weighted by Crippen LogP contribution is -1.94. The number of hydrogen-bond acceptors (Lipinski definition) is 3. The largest absolute Gasteiger partial charge is 0.192 e. The highest BCUT2D eigenvalue weighted by Crippen LogP contribution is 2.34. The van der Waals surface area contributed by atoms with Crippen LogP contribution in [0.5, 0.6) is 0 Å². The molecule has 0 aliphatic heterocycles. The molecule has 0 unspecified atom stereocenters. The number of halogens is 1. The van der Waals surface area contributed by atoms with Crippen molar-refractivity contribution < 1.29 is 0 Å². The van der Waals surface area contributed by atoms with Crippen LogP contribution in [0.4, 0.5) is 0 Å². The maximum atomic E-state index is 9.30. The smallest absolute Gasteiger partial charge is 0.101 e. The van der Waals surface area contributed by atoms with Gasteiger partial charge in [-0.3, -0.25) is 0 Å². The van der Waals surface area contributed by atoms with Gasteiger partial charge in [-0.2, -0.15) is 15.8 Å². The van der Waals surface area contributed by atoms with E-state index >= 15 is 0 Å². The van der Waals surface area contributed by atoms with Crippen LogP contribution in [0.2, 0.25) is 0 Å². The number of hydrogen-bond donors (Lipinski definition) is 0. The number of nitrogens with zero attached hydrogens (tertiary/aromatic N) is 3. The Kier molecular flexibility index (Phi) is 3.62. The van der Waals surface area contributed by atoms with Crippen molar-refractivity contribution in [2.45, 2.75) is 0 Å². The summed E-state index contributed by atoms with van der Waals surface area (Å²) in [4.78, 5) is 0. The predicted molar refractivity (Wildman–Crippen MR) is 73.7 cm³/mol. The predicted octanol–water partition coefficient (Wildman–Crippen LogP) is 3.73. The molecular formula is C15H6BrN3. The zero-order valence-electron chi connectivity index (χ0n) is 9.68. The van der Waals surface area contributed by atoms with E-state index in [1.807, 2.05) is 42.5 Å². The summed E-state index contributed by atoms with van der Waals surface area (Å²) in [5, 5.41) is 27.5. The third-order valence-electron chi connectivity index (χ3n) is 2.68. The van der Waals surface area contributed by atoms with E-state index in [4.69, 9.17) is 5.26 Å². The average Bonchev–Trinajstić information content (AvgIpc) is 2.47. The van der Waals surface area contributed by atoms with Crippen LogP contribution in [0.15, 0.2) is 40.9 Å². The first kappa shape index (κ1) is 12.8. The van der Waals surface area contributed by atoms with Gasteiger partial charge >= 0.3 is 0 Å². The van der Waals surface area contributed by atoms with Gasteiger partial charge in [0.25, 0.3) is 0 Å². The highest BCUT2D eigenvalue weighted by Gasteiger charge is 2.17. The molecule has 2 aromatic rings. The molecule has 0 aliphatic rings. The van der Waals surface area contributed by atoms with E-state index in [1.54, 1.807) is 0 Å². The Balaban J connectivity index is 2.90. The molecular weight excluding hydrogens is 302 g/mol. The molecule has 0 bridgehead atoms. The highest BCUT2D eigenvalue weighted by molar-refractivity contribution is 9.10. The zero-order valence-corrected chi connectivity index (χ0v) is 11.3. The highest BCUT2D eigenvalue weighted by atomic mass is 79.9. The molecule has 3 nitrogen and oxygen atoms in total. The van der Waals surface area contributed by atoms with Gasteiger partial charge in [-0.1, -0.05) is 30.3 Å². The third-order valence-corrected chi connectivity index (χ3v) is 3.50. The van der Waals surface area contributed by atoms with E-state index in [0.717, 1.165) is 5.56 Å². The summed E-state index contributed by atoms with van der Waals surface area (Å²) >= 11 is 3.26. The SMILES string of the molecule is N#Cc1cc(C#N)c(-c2ccccc2)c(C#N)c1Br. The lowest BCUT2D eigenvalue weighted by atomic mass is 9.93. The molecule has 0 atom stereocenters. The van der Waals surface area contributed by atoms with E-state index in [1.165, 1.54) is 6.07 Å². The van der Waals surface area contributed by atoms with Crippen LogP contribution in [0, 0.1) is 34.0 Å². The Morgan fingerprint density at radius 3 is 2.00 bits per heavy atom. The topological polar surface area (TPSA) is 71.4 Å². The van der Waals surface area contributed by atoms with Gasteiger partial charge in [0.05, 0.1) is 27.2 Å². The van der Waals surface area contributed by atoms with Gasteiger partial charge in [0.2, 0.25) is 0 Å². The monoisotopic (exact) mass is 307 g/mol. The Morgan fingerprint density at radius 2 is 1.47 bits per heavy atom. The van der Waals surface area contributed by atoms with Crippen LogP contribution in [0.25, 0.3) is 11.1 Å². The summed E-state index contributed by atoms with van der Waals surface area (Å²) in [6.45, 7) is 0. The summed E-state index contributed by atoms with van der Waals surface area (Å²) in [7, 11) is 0. The first-order valence-corrected chi connectivity index (χ1v) is 6.14. The van der Waals surface area contributed by atoms with Crippen molar-refractivity contribution in [3.63, 3.8) is 0 Å². The second-order valence-electron chi connectivity index (χ2n) is 3.74. The quantitative estimate of drug-likeness (QED) is 0.805. The van der Waals surface area contributed by atoms with Gasteiger partial charge in [0, 0.05) is 5.56 Å². The molecule has 0 radical (unpaired) electrons. The van der Waals surface area contributed by atoms with Crippen molar-refractivity contribution in [2.24, 2.45) is 0 Å². The zero-order chi connectivity index (χ0) is 13.8. The first-order valence-electron chi connectivity index (χ1n) is 5.35. The molecule has 0 fully saturated rings. The van der Waals surface area contributed by atoms with Crippen LogP contribution in [0.3, 0.4) is 0 Å². The normalized spacial score (nSPS) is 9.16. The number of benzene rings is 2. The van der Waals surface area contributed by atoms with Crippen molar-refractivity contribution in [1.29, 1.82) is 15.8 Å². The molecule has 0 aliphatic carbocycles. The fourth-order valence-corrected chi connectivity index (χ4v) is 2.33. The van der Waals surface area contributed by atoms with Crippen LogP contribution in [-0.4, -0.2) is 0 Å². The van der Waals surface area contributed by atoms with Gasteiger partial charge in [0.15, 0.2) is 0 Å². The molecule has 4 heteroatoms. The fraction of sp³-hybridized carbons (Fsp3) is 0. The molecule has 88 valence electrons. The van der Waals surface area contributed by atoms with Crippen LogP contribution in [0.1, 0.15) is 16.7 Å². The van der Waals surface area contributed by atoms with Crippen LogP contribution < -0.4 is 0 Å². The summed E-state index contributed by atoms with van der Waals surface area (Å²) in [5.41, 5.74) is 2.24. The number of nitriles is 3. The second-order valence-corrected chi connectivity index (χ2v) is 4.53. The summed E-state index contributed by atoms with van der Waals surface area (Å²) in [6, 6.07) is 16.8. The summed E-state index contributed by atoms with van der Waals surface area (Å²) < 4.78 is 0.426. The van der Waals surface area contributed by atoms with E-state index in [9.17, 15) is 10.5 Å². The van der Waals surface area contributed by atoms with E-state index in [0.29, 0.717) is 21.2 Å². The number of rotatable bonds is 1. The van der Waals surface area contributed by atoms with Crippen LogP contribution >= 0.6 is 15.9 Å². The summed E-state index contributed by atoms with van der Waals surface area (Å²) in [6.07, 6.45) is 0. The molecule has 0 saturated carbocycles. The van der Waals surface area contributed by atoms with E-state index in [-0.39, 0.29) is 5.56 Å². The first-order chi connectivity index (χ1) is 9.22. The lowest BCUT2D eigenvalue weighted by Gasteiger charge is -2.09.